The zero-order chi connectivity index (χ0) is 22.9. The SMILES string of the molecule is CC(C)c1ccc(/C(=C(/CC(F)(F)F)c2ccccc2)c2ccc3n[nH]c(F)c3c2)cn1. The van der Waals surface area contributed by atoms with Crippen molar-refractivity contribution in [2.75, 3.05) is 0 Å². The molecule has 2 aromatic heterocycles. The van der Waals surface area contributed by atoms with Crippen LogP contribution in [0.3, 0.4) is 0 Å². The Kier molecular flexibility index (Phi) is 5.82. The van der Waals surface area contributed by atoms with Crippen LogP contribution >= 0.6 is 0 Å². The number of pyridine rings is 1. The highest BCUT2D eigenvalue weighted by atomic mass is 19.4. The lowest BCUT2D eigenvalue weighted by Gasteiger charge is -2.19. The van der Waals surface area contributed by atoms with Crippen LogP contribution in [-0.4, -0.2) is 21.4 Å². The molecule has 0 radical (unpaired) electrons. The quantitative estimate of drug-likeness (QED) is 0.265. The van der Waals surface area contributed by atoms with Crippen molar-refractivity contribution in [3.8, 4) is 0 Å². The van der Waals surface area contributed by atoms with Crippen molar-refractivity contribution in [3.63, 3.8) is 0 Å². The molecule has 0 saturated heterocycles. The lowest BCUT2D eigenvalue weighted by atomic mass is 9.87. The van der Waals surface area contributed by atoms with E-state index in [1.165, 1.54) is 6.07 Å². The maximum Gasteiger partial charge on any atom is 0.393 e. The Morgan fingerprint density at radius 3 is 2.28 bits per heavy atom. The summed E-state index contributed by atoms with van der Waals surface area (Å²) in [5, 5.41) is 6.37. The van der Waals surface area contributed by atoms with E-state index >= 15 is 0 Å². The Hall–Kier alpha value is -3.48. The van der Waals surface area contributed by atoms with Gasteiger partial charge in [-0.1, -0.05) is 56.3 Å². The lowest BCUT2D eigenvalue weighted by Crippen LogP contribution is -2.10. The summed E-state index contributed by atoms with van der Waals surface area (Å²) in [5.74, 6) is -0.455. The zero-order valence-corrected chi connectivity index (χ0v) is 17.5. The van der Waals surface area contributed by atoms with Gasteiger partial charge in [0.05, 0.1) is 17.3 Å². The molecule has 1 N–H and O–H groups in total. The van der Waals surface area contributed by atoms with Crippen molar-refractivity contribution >= 4 is 22.0 Å². The minimum atomic E-state index is -4.44. The molecule has 0 aliphatic rings. The minimum absolute atomic E-state index is 0.0976. The molecular weight excluding hydrogens is 418 g/mol. The van der Waals surface area contributed by atoms with E-state index in [0.717, 1.165) is 5.69 Å². The standard InChI is InChI=1S/C25H21F4N3/c1-15(2)21-10-9-18(14-30-21)23(17-8-11-22-19(12-17)24(26)32-31-22)20(13-25(27,28)29)16-6-4-3-5-7-16/h3-12,14-15H,13H2,1-2H3,(H,31,32)/b23-20-. The summed E-state index contributed by atoms with van der Waals surface area (Å²) in [6.45, 7) is 3.99. The molecule has 7 heteroatoms. The number of alkyl halides is 3. The van der Waals surface area contributed by atoms with Crippen molar-refractivity contribution in [3.05, 3.63) is 95.2 Å². The second-order valence-electron chi connectivity index (χ2n) is 7.91. The van der Waals surface area contributed by atoms with E-state index in [1.54, 1.807) is 54.7 Å². The second kappa shape index (κ2) is 8.57. The van der Waals surface area contributed by atoms with Crippen LogP contribution in [0.5, 0.6) is 0 Å². The number of allylic oxidation sites excluding steroid dienone is 1. The lowest BCUT2D eigenvalue weighted by molar-refractivity contribution is -0.122. The number of benzene rings is 2. The Morgan fingerprint density at radius 2 is 1.66 bits per heavy atom. The van der Waals surface area contributed by atoms with Crippen LogP contribution in [0.4, 0.5) is 17.6 Å². The number of aromatic amines is 1. The third-order valence-corrected chi connectivity index (χ3v) is 5.26. The average Bonchev–Trinajstić information content (AvgIpc) is 3.14. The molecule has 0 saturated carbocycles. The Balaban J connectivity index is 2.02. The number of nitrogens with one attached hydrogen (secondary N) is 1. The van der Waals surface area contributed by atoms with Gasteiger partial charge in [-0.15, -0.1) is 0 Å². The maximum absolute atomic E-state index is 14.2. The first kappa shape index (κ1) is 21.7. The van der Waals surface area contributed by atoms with Crippen LogP contribution in [0.25, 0.3) is 22.0 Å². The van der Waals surface area contributed by atoms with Crippen molar-refractivity contribution in [2.45, 2.75) is 32.4 Å². The summed E-state index contributed by atoms with van der Waals surface area (Å²) in [7, 11) is 0. The van der Waals surface area contributed by atoms with E-state index in [9.17, 15) is 17.6 Å². The molecule has 0 bridgehead atoms. The molecule has 0 amide bonds. The highest BCUT2D eigenvalue weighted by Gasteiger charge is 2.31. The number of aromatic nitrogens is 3. The summed E-state index contributed by atoms with van der Waals surface area (Å²) in [6, 6.07) is 16.8. The molecule has 164 valence electrons. The Bertz CT molecular complexity index is 1250. The summed E-state index contributed by atoms with van der Waals surface area (Å²) in [6.07, 6.45) is -3.99. The number of H-pyrrole nitrogens is 1. The van der Waals surface area contributed by atoms with Gasteiger partial charge in [-0.05, 0) is 46.4 Å². The zero-order valence-electron chi connectivity index (χ0n) is 17.5. The van der Waals surface area contributed by atoms with Crippen LogP contribution in [0, 0.1) is 5.95 Å². The highest BCUT2D eigenvalue weighted by Crippen LogP contribution is 2.40. The third-order valence-electron chi connectivity index (χ3n) is 5.26. The van der Waals surface area contributed by atoms with Crippen LogP contribution in [0.15, 0.2) is 66.9 Å². The fraction of sp³-hybridized carbons (Fsp3) is 0.200. The van der Waals surface area contributed by atoms with Gasteiger partial charge >= 0.3 is 6.18 Å². The molecule has 4 aromatic rings. The predicted molar refractivity (Wildman–Crippen MR) is 117 cm³/mol. The smallest absolute Gasteiger partial charge is 0.260 e. The van der Waals surface area contributed by atoms with E-state index in [2.05, 4.69) is 15.2 Å². The number of nitrogens with zero attached hydrogens (tertiary/aromatic N) is 2. The molecule has 0 spiro atoms. The monoisotopic (exact) mass is 439 g/mol. The molecule has 3 nitrogen and oxygen atoms in total. The molecule has 32 heavy (non-hydrogen) atoms. The van der Waals surface area contributed by atoms with E-state index < -0.39 is 18.5 Å². The molecule has 0 atom stereocenters. The molecule has 0 aliphatic carbocycles. The molecule has 2 heterocycles. The highest BCUT2D eigenvalue weighted by molar-refractivity contribution is 6.00. The van der Waals surface area contributed by atoms with E-state index in [1.807, 2.05) is 19.9 Å². The largest absolute Gasteiger partial charge is 0.393 e. The van der Waals surface area contributed by atoms with Gasteiger partial charge in [0, 0.05) is 17.5 Å². The topological polar surface area (TPSA) is 41.6 Å². The van der Waals surface area contributed by atoms with E-state index in [4.69, 9.17) is 0 Å². The minimum Gasteiger partial charge on any atom is -0.260 e. The first-order valence-electron chi connectivity index (χ1n) is 10.2. The molecule has 0 fully saturated rings. The summed E-state index contributed by atoms with van der Waals surface area (Å²) in [5.41, 5.74) is 3.12. The molecule has 2 aromatic carbocycles. The number of rotatable bonds is 5. The van der Waals surface area contributed by atoms with Crippen LogP contribution in [-0.2, 0) is 0 Å². The van der Waals surface area contributed by atoms with E-state index in [-0.39, 0.29) is 16.9 Å². The number of hydrogen-bond acceptors (Lipinski definition) is 2. The third kappa shape index (κ3) is 4.56. The second-order valence-corrected chi connectivity index (χ2v) is 7.91. The van der Waals surface area contributed by atoms with E-state index in [0.29, 0.717) is 27.8 Å². The van der Waals surface area contributed by atoms with Gasteiger partial charge in [-0.25, -0.2) is 0 Å². The molecule has 0 aliphatic heterocycles. The van der Waals surface area contributed by atoms with Crippen LogP contribution in [0.1, 0.15) is 48.6 Å². The Morgan fingerprint density at radius 1 is 0.938 bits per heavy atom. The van der Waals surface area contributed by atoms with Gasteiger partial charge < -0.3 is 0 Å². The first-order valence-corrected chi connectivity index (χ1v) is 10.2. The van der Waals surface area contributed by atoms with Gasteiger partial charge in [-0.3, -0.25) is 10.1 Å². The molecule has 0 unspecified atom stereocenters. The van der Waals surface area contributed by atoms with Crippen molar-refractivity contribution < 1.29 is 17.6 Å². The molecule has 4 rings (SSSR count). The van der Waals surface area contributed by atoms with Gasteiger partial charge in [-0.2, -0.15) is 22.7 Å². The van der Waals surface area contributed by atoms with Crippen molar-refractivity contribution in [1.29, 1.82) is 0 Å². The number of fused-ring (bicyclic) bond motifs is 1. The van der Waals surface area contributed by atoms with Crippen LogP contribution < -0.4 is 0 Å². The number of halogens is 4. The number of hydrogen-bond donors (Lipinski definition) is 1. The van der Waals surface area contributed by atoms with Crippen LogP contribution in [0.2, 0.25) is 0 Å². The summed E-state index contributed by atoms with van der Waals surface area (Å²) in [4.78, 5) is 4.46. The summed E-state index contributed by atoms with van der Waals surface area (Å²) < 4.78 is 55.3. The van der Waals surface area contributed by atoms with Gasteiger partial charge in [0.15, 0.2) is 0 Å². The normalized spacial score (nSPS) is 13.0. The fourth-order valence-electron chi connectivity index (χ4n) is 3.72. The Labute approximate surface area is 182 Å². The summed E-state index contributed by atoms with van der Waals surface area (Å²) >= 11 is 0. The van der Waals surface area contributed by atoms with Crippen molar-refractivity contribution in [1.82, 2.24) is 15.2 Å². The van der Waals surface area contributed by atoms with Gasteiger partial charge in [0.1, 0.15) is 0 Å². The van der Waals surface area contributed by atoms with Gasteiger partial charge in [0.2, 0.25) is 5.95 Å². The average molecular weight is 439 g/mol. The first-order chi connectivity index (χ1) is 15.2. The molecular formula is C25H21F4N3. The predicted octanol–water partition coefficient (Wildman–Crippen LogP) is 7.13. The fourth-order valence-corrected chi connectivity index (χ4v) is 3.72. The van der Waals surface area contributed by atoms with Gasteiger partial charge in [0.25, 0.3) is 0 Å². The maximum atomic E-state index is 14.2. The van der Waals surface area contributed by atoms with Crippen molar-refractivity contribution in [2.24, 2.45) is 0 Å².